The SMILES string of the molecule is Cc1c([N+](=O)[O-])cccc1S(=O)(=O)NCCCN=[N+]=[N-]. The molecule has 0 aliphatic carbocycles. The van der Waals surface area contributed by atoms with Crippen molar-refractivity contribution in [1.82, 2.24) is 4.72 Å². The van der Waals surface area contributed by atoms with Crippen LogP contribution in [-0.4, -0.2) is 26.4 Å². The van der Waals surface area contributed by atoms with E-state index in [4.69, 9.17) is 5.53 Å². The van der Waals surface area contributed by atoms with Gasteiger partial charge in [0.15, 0.2) is 0 Å². The van der Waals surface area contributed by atoms with Gasteiger partial charge in [-0.1, -0.05) is 11.2 Å². The van der Waals surface area contributed by atoms with Gasteiger partial charge in [0.25, 0.3) is 5.69 Å². The number of nitrogens with one attached hydrogen (secondary N) is 1. The van der Waals surface area contributed by atoms with Crippen LogP contribution in [0.25, 0.3) is 10.4 Å². The minimum Gasteiger partial charge on any atom is -0.258 e. The molecule has 0 saturated carbocycles. The summed E-state index contributed by atoms with van der Waals surface area (Å²) < 4.78 is 26.4. The van der Waals surface area contributed by atoms with E-state index in [1.807, 2.05) is 0 Å². The Morgan fingerprint density at radius 3 is 2.80 bits per heavy atom. The highest BCUT2D eigenvalue weighted by atomic mass is 32.2. The number of benzene rings is 1. The van der Waals surface area contributed by atoms with Gasteiger partial charge in [-0.05, 0) is 24.9 Å². The fourth-order valence-corrected chi connectivity index (χ4v) is 2.90. The van der Waals surface area contributed by atoms with E-state index in [1.165, 1.54) is 25.1 Å². The van der Waals surface area contributed by atoms with Gasteiger partial charge < -0.3 is 0 Å². The molecule has 0 bridgehead atoms. The zero-order chi connectivity index (χ0) is 15.2. The summed E-state index contributed by atoms with van der Waals surface area (Å²) in [6, 6.07) is 3.87. The summed E-state index contributed by atoms with van der Waals surface area (Å²) in [6.45, 7) is 1.64. The average Bonchev–Trinajstić information content (AvgIpc) is 2.38. The zero-order valence-corrected chi connectivity index (χ0v) is 11.5. The highest BCUT2D eigenvalue weighted by molar-refractivity contribution is 7.89. The molecule has 20 heavy (non-hydrogen) atoms. The number of rotatable bonds is 7. The van der Waals surface area contributed by atoms with Crippen molar-refractivity contribution in [3.8, 4) is 0 Å². The Morgan fingerprint density at radius 2 is 2.20 bits per heavy atom. The number of nitro benzene ring substituents is 1. The third kappa shape index (κ3) is 3.92. The smallest absolute Gasteiger partial charge is 0.258 e. The zero-order valence-electron chi connectivity index (χ0n) is 10.7. The molecule has 1 aromatic rings. The molecular weight excluding hydrogens is 286 g/mol. The highest BCUT2D eigenvalue weighted by Gasteiger charge is 2.22. The van der Waals surface area contributed by atoms with Gasteiger partial charge in [-0.2, -0.15) is 0 Å². The average molecular weight is 299 g/mol. The van der Waals surface area contributed by atoms with Gasteiger partial charge in [0.05, 0.1) is 9.82 Å². The quantitative estimate of drug-likeness (QED) is 0.205. The molecule has 0 unspecified atom stereocenters. The maximum atomic E-state index is 12.0. The molecule has 0 spiro atoms. The molecule has 1 N–H and O–H groups in total. The molecule has 0 aromatic heterocycles. The fraction of sp³-hybridized carbons (Fsp3) is 0.400. The van der Waals surface area contributed by atoms with Crippen molar-refractivity contribution in [3.63, 3.8) is 0 Å². The second-order valence-electron chi connectivity index (χ2n) is 3.86. The van der Waals surface area contributed by atoms with E-state index < -0.39 is 14.9 Å². The lowest BCUT2D eigenvalue weighted by Gasteiger charge is -2.08. The fourth-order valence-electron chi connectivity index (χ4n) is 1.57. The largest absolute Gasteiger partial charge is 0.273 e. The van der Waals surface area contributed by atoms with E-state index in [9.17, 15) is 18.5 Å². The summed E-state index contributed by atoms with van der Waals surface area (Å²) in [4.78, 5) is 12.6. The summed E-state index contributed by atoms with van der Waals surface area (Å²) in [5, 5.41) is 14.1. The second-order valence-corrected chi connectivity index (χ2v) is 5.60. The van der Waals surface area contributed by atoms with E-state index in [0.29, 0.717) is 6.42 Å². The first-order valence-electron chi connectivity index (χ1n) is 5.64. The first kappa shape index (κ1) is 15.9. The number of hydrogen-bond donors (Lipinski definition) is 1. The maximum absolute atomic E-state index is 12.0. The number of nitrogens with zero attached hydrogens (tertiary/aromatic N) is 4. The molecule has 10 heteroatoms. The van der Waals surface area contributed by atoms with Crippen molar-refractivity contribution in [1.29, 1.82) is 0 Å². The lowest BCUT2D eigenvalue weighted by molar-refractivity contribution is -0.385. The van der Waals surface area contributed by atoms with Crippen molar-refractivity contribution in [2.24, 2.45) is 5.11 Å². The lowest BCUT2D eigenvalue weighted by atomic mass is 10.2. The first-order chi connectivity index (χ1) is 9.40. The minimum atomic E-state index is -3.82. The first-order valence-corrected chi connectivity index (χ1v) is 7.13. The number of sulfonamides is 1. The molecule has 0 radical (unpaired) electrons. The lowest BCUT2D eigenvalue weighted by Crippen LogP contribution is -2.26. The Bertz CT molecular complexity index is 652. The van der Waals surface area contributed by atoms with Crippen LogP contribution < -0.4 is 4.72 Å². The summed E-state index contributed by atoms with van der Waals surface area (Å²) in [5.41, 5.74) is 7.91. The number of azide groups is 1. The Kier molecular flexibility index (Phi) is 5.44. The monoisotopic (exact) mass is 299 g/mol. The van der Waals surface area contributed by atoms with Crippen LogP contribution in [0.3, 0.4) is 0 Å². The van der Waals surface area contributed by atoms with Gasteiger partial charge in [0.2, 0.25) is 10.0 Å². The Hall–Kier alpha value is -2.16. The summed E-state index contributed by atoms with van der Waals surface area (Å²) >= 11 is 0. The standard InChI is InChI=1S/C10H13N5O4S/c1-8-9(15(16)17)4-2-5-10(8)20(18,19)13-7-3-6-12-14-11/h2,4-5,13H,3,6-7H2,1H3. The van der Waals surface area contributed by atoms with Crippen molar-refractivity contribution in [2.45, 2.75) is 18.2 Å². The molecule has 1 rings (SSSR count). The summed E-state index contributed by atoms with van der Waals surface area (Å²) in [5.74, 6) is 0. The van der Waals surface area contributed by atoms with E-state index >= 15 is 0 Å². The van der Waals surface area contributed by atoms with Crippen LogP contribution >= 0.6 is 0 Å². The van der Waals surface area contributed by atoms with Crippen LogP contribution in [0.1, 0.15) is 12.0 Å². The van der Waals surface area contributed by atoms with E-state index in [2.05, 4.69) is 14.7 Å². The second kappa shape index (κ2) is 6.85. The Morgan fingerprint density at radius 1 is 1.50 bits per heavy atom. The predicted molar refractivity (Wildman–Crippen MR) is 71.7 cm³/mol. The molecule has 0 fully saturated rings. The van der Waals surface area contributed by atoms with Gasteiger partial charge in [-0.25, -0.2) is 13.1 Å². The van der Waals surface area contributed by atoms with Crippen LogP contribution in [0.2, 0.25) is 0 Å². The van der Waals surface area contributed by atoms with Crippen molar-refractivity contribution >= 4 is 15.7 Å². The van der Waals surface area contributed by atoms with E-state index in [1.54, 1.807) is 0 Å². The van der Waals surface area contributed by atoms with E-state index in [-0.39, 0.29) is 29.2 Å². The molecule has 108 valence electrons. The predicted octanol–water partition coefficient (Wildman–Crippen LogP) is 1.88. The van der Waals surface area contributed by atoms with Crippen LogP contribution in [0.4, 0.5) is 5.69 Å². The molecule has 9 nitrogen and oxygen atoms in total. The summed E-state index contributed by atoms with van der Waals surface area (Å²) in [6.07, 6.45) is 0.345. The van der Waals surface area contributed by atoms with Gasteiger partial charge >= 0.3 is 0 Å². The van der Waals surface area contributed by atoms with Gasteiger partial charge in [0, 0.05) is 29.6 Å². The molecule has 0 aliphatic heterocycles. The Labute approximate surface area is 115 Å². The molecular formula is C10H13N5O4S. The van der Waals surface area contributed by atoms with Crippen LogP contribution in [0, 0.1) is 17.0 Å². The topological polar surface area (TPSA) is 138 Å². The molecule has 0 aliphatic rings. The van der Waals surface area contributed by atoms with Crippen LogP contribution in [0.5, 0.6) is 0 Å². The summed E-state index contributed by atoms with van der Waals surface area (Å²) in [7, 11) is -3.82. The van der Waals surface area contributed by atoms with Crippen molar-refractivity contribution in [3.05, 3.63) is 44.3 Å². The molecule has 0 saturated heterocycles. The van der Waals surface area contributed by atoms with Gasteiger partial charge in [0.1, 0.15) is 0 Å². The molecule has 0 heterocycles. The minimum absolute atomic E-state index is 0.0834. The third-order valence-electron chi connectivity index (χ3n) is 2.53. The number of hydrogen-bond acceptors (Lipinski definition) is 5. The van der Waals surface area contributed by atoms with Crippen LogP contribution in [0.15, 0.2) is 28.2 Å². The molecule has 0 amide bonds. The normalized spacial score (nSPS) is 10.8. The Balaban J connectivity index is 2.90. The third-order valence-corrected chi connectivity index (χ3v) is 4.14. The number of nitro groups is 1. The van der Waals surface area contributed by atoms with Gasteiger partial charge in [-0.3, -0.25) is 10.1 Å². The maximum Gasteiger partial charge on any atom is 0.273 e. The van der Waals surface area contributed by atoms with Gasteiger partial charge in [-0.15, -0.1) is 0 Å². The van der Waals surface area contributed by atoms with Crippen molar-refractivity contribution < 1.29 is 13.3 Å². The van der Waals surface area contributed by atoms with Crippen LogP contribution in [-0.2, 0) is 10.0 Å². The van der Waals surface area contributed by atoms with E-state index in [0.717, 1.165) is 0 Å². The molecule has 1 aromatic carbocycles. The molecule has 0 atom stereocenters. The van der Waals surface area contributed by atoms with Crippen molar-refractivity contribution in [2.75, 3.05) is 13.1 Å². The highest BCUT2D eigenvalue weighted by Crippen LogP contribution is 2.24.